The lowest BCUT2D eigenvalue weighted by molar-refractivity contribution is 0.0658. The molecular weight excluding hydrogens is 306 g/mol. The van der Waals surface area contributed by atoms with Crippen molar-refractivity contribution < 1.29 is 14.6 Å². The summed E-state index contributed by atoms with van der Waals surface area (Å²) in [6.07, 6.45) is 3.30. The molecular formula is C18H25N3O3. The monoisotopic (exact) mass is 331 g/mol. The molecule has 0 aliphatic carbocycles. The highest BCUT2D eigenvalue weighted by Gasteiger charge is 2.24. The first kappa shape index (κ1) is 18.0. The summed E-state index contributed by atoms with van der Waals surface area (Å²) < 4.78 is 6.90. The zero-order chi connectivity index (χ0) is 17.9. The number of amides is 1. The van der Waals surface area contributed by atoms with Gasteiger partial charge in [-0.1, -0.05) is 12.1 Å². The first-order valence-corrected chi connectivity index (χ1v) is 7.85. The quantitative estimate of drug-likeness (QED) is 0.914. The van der Waals surface area contributed by atoms with Crippen molar-refractivity contribution in [1.82, 2.24) is 14.7 Å². The molecule has 0 spiro atoms. The Labute approximate surface area is 142 Å². The van der Waals surface area contributed by atoms with Crippen LogP contribution in [0.25, 0.3) is 0 Å². The van der Waals surface area contributed by atoms with Crippen LogP contribution >= 0.6 is 0 Å². The molecule has 0 bridgehead atoms. The second kappa shape index (κ2) is 7.05. The van der Waals surface area contributed by atoms with Gasteiger partial charge in [0.25, 0.3) is 5.91 Å². The normalized spacial score (nSPS) is 12.8. The Morgan fingerprint density at radius 3 is 2.42 bits per heavy atom. The molecule has 6 nitrogen and oxygen atoms in total. The number of rotatable bonds is 5. The van der Waals surface area contributed by atoms with E-state index in [-0.39, 0.29) is 18.1 Å². The van der Waals surface area contributed by atoms with E-state index < -0.39 is 6.04 Å². The molecule has 2 rings (SSSR count). The van der Waals surface area contributed by atoms with Gasteiger partial charge in [-0.25, -0.2) is 0 Å². The van der Waals surface area contributed by atoms with Crippen molar-refractivity contribution in [2.24, 2.45) is 0 Å². The maximum atomic E-state index is 12.7. The molecule has 1 aromatic carbocycles. The minimum atomic E-state index is -0.429. The predicted octanol–water partition coefficient (Wildman–Crippen LogP) is 2.45. The molecule has 130 valence electrons. The Bertz CT molecular complexity index is 686. The maximum absolute atomic E-state index is 12.7. The predicted molar refractivity (Wildman–Crippen MR) is 92.1 cm³/mol. The maximum Gasteiger partial charge on any atom is 0.257 e. The van der Waals surface area contributed by atoms with Crippen LogP contribution in [0.4, 0.5) is 0 Å². The molecule has 0 radical (unpaired) electrons. The fraction of sp³-hybridized carbons (Fsp3) is 0.444. The highest BCUT2D eigenvalue weighted by atomic mass is 16.5. The van der Waals surface area contributed by atoms with E-state index in [9.17, 15) is 9.90 Å². The van der Waals surface area contributed by atoms with Gasteiger partial charge >= 0.3 is 0 Å². The zero-order valence-electron chi connectivity index (χ0n) is 14.9. The summed E-state index contributed by atoms with van der Waals surface area (Å²) >= 11 is 0. The van der Waals surface area contributed by atoms with Gasteiger partial charge in [-0.05, 0) is 38.5 Å². The van der Waals surface area contributed by atoms with Gasteiger partial charge < -0.3 is 14.7 Å². The number of hydrogen-bond donors (Lipinski definition) is 1. The zero-order valence-corrected chi connectivity index (χ0v) is 14.9. The molecule has 24 heavy (non-hydrogen) atoms. The summed E-state index contributed by atoms with van der Waals surface area (Å²) in [6, 6.07) is 6.90. The lowest BCUT2D eigenvalue weighted by Crippen LogP contribution is -2.33. The average Bonchev–Trinajstić information content (AvgIpc) is 3.05. The summed E-state index contributed by atoms with van der Waals surface area (Å²) in [5, 5.41) is 14.0. The molecule has 1 N–H and O–H groups in total. The number of benzene rings is 1. The van der Waals surface area contributed by atoms with E-state index in [0.717, 1.165) is 11.3 Å². The first-order valence-electron chi connectivity index (χ1n) is 7.85. The van der Waals surface area contributed by atoms with E-state index >= 15 is 0 Å². The number of aromatic nitrogens is 2. The molecule has 0 saturated carbocycles. The fourth-order valence-electron chi connectivity index (χ4n) is 2.42. The number of aliphatic hydroxyl groups excluding tert-OH is 1. The van der Waals surface area contributed by atoms with Crippen LogP contribution in [0, 0.1) is 0 Å². The molecule has 1 amide bonds. The number of methoxy groups -OCH3 is 1. The van der Waals surface area contributed by atoms with E-state index in [1.807, 2.05) is 45.0 Å². The van der Waals surface area contributed by atoms with Crippen molar-refractivity contribution in [3.63, 3.8) is 0 Å². The Morgan fingerprint density at radius 1 is 1.33 bits per heavy atom. The summed E-state index contributed by atoms with van der Waals surface area (Å²) in [7, 11) is 3.28. The van der Waals surface area contributed by atoms with Gasteiger partial charge in [0.2, 0.25) is 0 Å². The SMILES string of the molecule is COc1ccc(C(CO)N(C)C(=O)c2cnn(C(C)(C)C)c2)cc1. The van der Waals surface area contributed by atoms with Crippen LogP contribution in [0.1, 0.15) is 42.7 Å². The average molecular weight is 331 g/mol. The summed E-state index contributed by atoms with van der Waals surface area (Å²) in [6.45, 7) is 5.89. The largest absolute Gasteiger partial charge is 0.497 e. The highest BCUT2D eigenvalue weighted by Crippen LogP contribution is 2.23. The second-order valence-corrected chi connectivity index (χ2v) is 6.73. The van der Waals surface area contributed by atoms with Gasteiger partial charge in [-0.3, -0.25) is 9.48 Å². The third kappa shape index (κ3) is 3.76. The van der Waals surface area contributed by atoms with Gasteiger partial charge in [-0.15, -0.1) is 0 Å². The molecule has 1 unspecified atom stereocenters. The van der Waals surface area contributed by atoms with E-state index in [0.29, 0.717) is 5.56 Å². The molecule has 1 aromatic heterocycles. The molecule has 0 aliphatic heterocycles. The third-order valence-corrected chi connectivity index (χ3v) is 3.98. The summed E-state index contributed by atoms with van der Waals surface area (Å²) in [4.78, 5) is 14.3. The number of carbonyl (C=O) groups is 1. The van der Waals surface area contributed by atoms with Crippen molar-refractivity contribution in [3.05, 3.63) is 47.8 Å². The topological polar surface area (TPSA) is 67.6 Å². The number of aliphatic hydroxyl groups is 1. The first-order chi connectivity index (χ1) is 11.3. The van der Waals surface area contributed by atoms with Crippen LogP contribution < -0.4 is 4.74 Å². The van der Waals surface area contributed by atoms with Crippen LogP contribution in [0.2, 0.25) is 0 Å². The molecule has 0 fully saturated rings. The van der Waals surface area contributed by atoms with Crippen molar-refractivity contribution in [1.29, 1.82) is 0 Å². The van der Waals surface area contributed by atoms with Crippen LogP contribution in [0.3, 0.4) is 0 Å². The van der Waals surface area contributed by atoms with Crippen LogP contribution in [-0.2, 0) is 5.54 Å². The van der Waals surface area contributed by atoms with Crippen molar-refractivity contribution in [2.45, 2.75) is 32.4 Å². The van der Waals surface area contributed by atoms with E-state index in [2.05, 4.69) is 5.10 Å². The Hall–Kier alpha value is -2.34. The van der Waals surface area contributed by atoms with Crippen LogP contribution in [0.5, 0.6) is 5.75 Å². The summed E-state index contributed by atoms with van der Waals surface area (Å²) in [5.74, 6) is 0.552. The summed E-state index contributed by atoms with van der Waals surface area (Å²) in [5.41, 5.74) is 1.15. The minimum Gasteiger partial charge on any atom is -0.497 e. The fourth-order valence-corrected chi connectivity index (χ4v) is 2.42. The smallest absolute Gasteiger partial charge is 0.257 e. The second-order valence-electron chi connectivity index (χ2n) is 6.73. The standard InChI is InChI=1S/C18H25N3O3/c1-18(2,3)21-11-14(10-19-21)17(23)20(4)16(12-22)13-6-8-15(24-5)9-7-13/h6-11,16,22H,12H2,1-5H3. The number of carbonyl (C=O) groups excluding carboxylic acids is 1. The minimum absolute atomic E-state index is 0.165. The van der Waals surface area contributed by atoms with Gasteiger partial charge in [-0.2, -0.15) is 5.10 Å². The van der Waals surface area contributed by atoms with Gasteiger partial charge in [0.05, 0.1) is 37.1 Å². The van der Waals surface area contributed by atoms with E-state index in [1.165, 1.54) is 4.90 Å². The molecule has 0 saturated heterocycles. The molecule has 6 heteroatoms. The van der Waals surface area contributed by atoms with Gasteiger partial charge in [0, 0.05) is 13.2 Å². The van der Waals surface area contributed by atoms with Gasteiger partial charge in [0.1, 0.15) is 5.75 Å². The Balaban J connectivity index is 2.22. The van der Waals surface area contributed by atoms with Crippen LogP contribution in [0.15, 0.2) is 36.7 Å². The number of ether oxygens (including phenoxy) is 1. The highest BCUT2D eigenvalue weighted by molar-refractivity contribution is 5.93. The molecule has 0 aliphatic rings. The molecule has 2 aromatic rings. The number of nitrogens with zero attached hydrogens (tertiary/aromatic N) is 3. The Morgan fingerprint density at radius 2 is 1.96 bits per heavy atom. The van der Waals surface area contributed by atoms with Crippen molar-refractivity contribution in [2.75, 3.05) is 20.8 Å². The molecule has 1 atom stereocenters. The number of hydrogen-bond acceptors (Lipinski definition) is 4. The molecule has 1 heterocycles. The van der Waals surface area contributed by atoms with Gasteiger partial charge in [0.15, 0.2) is 0 Å². The van der Waals surface area contributed by atoms with E-state index in [1.54, 1.807) is 31.2 Å². The van der Waals surface area contributed by atoms with Crippen LogP contribution in [-0.4, -0.2) is 46.5 Å². The lowest BCUT2D eigenvalue weighted by atomic mass is 10.1. The number of likely N-dealkylation sites (N-methyl/N-ethyl adjacent to an activating group) is 1. The Kier molecular flexibility index (Phi) is 5.29. The van der Waals surface area contributed by atoms with Crippen molar-refractivity contribution >= 4 is 5.91 Å². The lowest BCUT2D eigenvalue weighted by Gasteiger charge is -2.27. The van der Waals surface area contributed by atoms with Crippen molar-refractivity contribution in [3.8, 4) is 5.75 Å². The third-order valence-electron chi connectivity index (χ3n) is 3.98. The van der Waals surface area contributed by atoms with E-state index in [4.69, 9.17) is 4.74 Å².